The van der Waals surface area contributed by atoms with Crippen molar-refractivity contribution in [1.82, 2.24) is 10.6 Å². The summed E-state index contributed by atoms with van der Waals surface area (Å²) in [6, 6.07) is 8.74. The van der Waals surface area contributed by atoms with Gasteiger partial charge < -0.3 is 10.6 Å². The van der Waals surface area contributed by atoms with Gasteiger partial charge in [0, 0.05) is 6.42 Å². The first-order valence-corrected chi connectivity index (χ1v) is 8.63. The molecule has 2 N–H and O–H groups in total. The van der Waals surface area contributed by atoms with Gasteiger partial charge in [0.2, 0.25) is 5.91 Å². The van der Waals surface area contributed by atoms with Gasteiger partial charge in [0.1, 0.15) is 0 Å². The molecule has 0 bridgehead atoms. The summed E-state index contributed by atoms with van der Waals surface area (Å²) >= 11 is 0. The summed E-state index contributed by atoms with van der Waals surface area (Å²) in [5.74, 6) is 1.52. The predicted molar refractivity (Wildman–Crippen MR) is 99.0 cm³/mol. The predicted octanol–water partition coefficient (Wildman–Crippen LogP) is 3.87. The Hall–Kier alpha value is -1.06. The van der Waals surface area contributed by atoms with E-state index in [4.69, 9.17) is 0 Å². The molecule has 0 spiro atoms. The minimum atomic E-state index is 0. The molecule has 1 heterocycles. The monoisotopic (exact) mass is 338 g/mol. The van der Waals surface area contributed by atoms with Crippen LogP contribution in [0.5, 0.6) is 0 Å². The standard InChI is InChI=1S/C19H30N2O.ClH/c1-14(2)12-16-4-7-18(8-5-16)15(3)21-19(22)9-6-17-10-11-20-13-17;/h4-5,7-8,14-15,17,20H,6,9-13H2,1-3H3,(H,21,22);1H. The van der Waals surface area contributed by atoms with Crippen LogP contribution in [0.15, 0.2) is 24.3 Å². The Morgan fingerprint density at radius 2 is 1.96 bits per heavy atom. The summed E-state index contributed by atoms with van der Waals surface area (Å²) in [6.45, 7) is 8.70. The van der Waals surface area contributed by atoms with Crippen LogP contribution >= 0.6 is 12.4 Å². The van der Waals surface area contributed by atoms with Gasteiger partial charge >= 0.3 is 0 Å². The molecule has 0 radical (unpaired) electrons. The van der Waals surface area contributed by atoms with Crippen LogP contribution in [0.1, 0.15) is 57.2 Å². The highest BCUT2D eigenvalue weighted by molar-refractivity contribution is 5.85. The number of amides is 1. The van der Waals surface area contributed by atoms with Gasteiger partial charge in [-0.25, -0.2) is 0 Å². The van der Waals surface area contributed by atoms with E-state index in [2.05, 4.69) is 55.7 Å². The first-order valence-electron chi connectivity index (χ1n) is 8.63. The maximum Gasteiger partial charge on any atom is 0.220 e. The van der Waals surface area contributed by atoms with Crippen molar-refractivity contribution >= 4 is 18.3 Å². The number of hydrogen-bond acceptors (Lipinski definition) is 2. The van der Waals surface area contributed by atoms with Crippen LogP contribution in [0, 0.1) is 11.8 Å². The minimum absolute atomic E-state index is 0. The number of nitrogens with one attached hydrogen (secondary N) is 2. The average Bonchev–Trinajstić information content (AvgIpc) is 2.98. The molecule has 4 heteroatoms. The highest BCUT2D eigenvalue weighted by atomic mass is 35.5. The maximum absolute atomic E-state index is 12.1. The molecule has 0 saturated carbocycles. The Morgan fingerprint density at radius 1 is 1.26 bits per heavy atom. The van der Waals surface area contributed by atoms with E-state index in [1.54, 1.807) is 0 Å². The third-order valence-electron chi connectivity index (χ3n) is 4.44. The molecule has 2 unspecified atom stereocenters. The second kappa shape index (κ2) is 9.94. The minimum Gasteiger partial charge on any atom is -0.350 e. The first-order chi connectivity index (χ1) is 10.5. The van der Waals surface area contributed by atoms with E-state index in [1.165, 1.54) is 17.5 Å². The Morgan fingerprint density at radius 3 is 2.52 bits per heavy atom. The van der Waals surface area contributed by atoms with Gasteiger partial charge in [0.25, 0.3) is 0 Å². The Balaban J connectivity index is 0.00000264. The van der Waals surface area contributed by atoms with Crippen molar-refractivity contribution in [3.8, 4) is 0 Å². The highest BCUT2D eigenvalue weighted by Crippen LogP contribution is 2.17. The van der Waals surface area contributed by atoms with Gasteiger partial charge in [0.15, 0.2) is 0 Å². The van der Waals surface area contributed by atoms with Crippen LogP contribution in [0.2, 0.25) is 0 Å². The molecular formula is C19H31ClN2O. The van der Waals surface area contributed by atoms with Crippen molar-refractivity contribution < 1.29 is 4.79 Å². The fourth-order valence-electron chi connectivity index (χ4n) is 3.11. The van der Waals surface area contributed by atoms with Gasteiger partial charge in [-0.2, -0.15) is 0 Å². The topological polar surface area (TPSA) is 41.1 Å². The second-order valence-electron chi connectivity index (χ2n) is 7.03. The lowest BCUT2D eigenvalue weighted by atomic mass is 9.99. The molecule has 2 rings (SSSR count). The Bertz CT molecular complexity index is 467. The molecule has 0 aromatic heterocycles. The Labute approximate surface area is 147 Å². The summed E-state index contributed by atoms with van der Waals surface area (Å²) in [5, 5.41) is 6.47. The lowest BCUT2D eigenvalue weighted by Crippen LogP contribution is -2.27. The van der Waals surface area contributed by atoms with E-state index in [1.807, 2.05) is 0 Å². The van der Waals surface area contributed by atoms with Crippen molar-refractivity contribution in [3.05, 3.63) is 35.4 Å². The van der Waals surface area contributed by atoms with E-state index in [0.29, 0.717) is 18.3 Å². The Kier molecular flexibility index (Phi) is 8.64. The van der Waals surface area contributed by atoms with Crippen molar-refractivity contribution in [2.75, 3.05) is 13.1 Å². The van der Waals surface area contributed by atoms with Gasteiger partial charge in [-0.1, -0.05) is 38.1 Å². The zero-order chi connectivity index (χ0) is 15.9. The highest BCUT2D eigenvalue weighted by Gasteiger charge is 2.16. The molecular weight excluding hydrogens is 308 g/mol. The number of benzene rings is 1. The number of carbonyl (C=O) groups is 1. The van der Waals surface area contributed by atoms with Gasteiger partial charge in [-0.3, -0.25) is 4.79 Å². The number of hydrogen-bond donors (Lipinski definition) is 2. The molecule has 130 valence electrons. The molecule has 1 aromatic rings. The van der Waals surface area contributed by atoms with E-state index < -0.39 is 0 Å². The van der Waals surface area contributed by atoms with Gasteiger partial charge in [-0.05, 0) is 62.2 Å². The zero-order valence-corrected chi connectivity index (χ0v) is 15.4. The smallest absolute Gasteiger partial charge is 0.220 e. The zero-order valence-electron chi connectivity index (χ0n) is 14.6. The molecule has 1 saturated heterocycles. The molecule has 1 amide bonds. The van der Waals surface area contributed by atoms with E-state index >= 15 is 0 Å². The number of carbonyl (C=O) groups excluding carboxylic acids is 1. The number of halogens is 1. The summed E-state index contributed by atoms with van der Waals surface area (Å²) in [7, 11) is 0. The quantitative estimate of drug-likeness (QED) is 0.792. The third-order valence-corrected chi connectivity index (χ3v) is 4.44. The van der Waals surface area contributed by atoms with Crippen LogP contribution in [-0.2, 0) is 11.2 Å². The lowest BCUT2D eigenvalue weighted by molar-refractivity contribution is -0.122. The van der Waals surface area contributed by atoms with Crippen LogP contribution in [0.25, 0.3) is 0 Å². The van der Waals surface area contributed by atoms with E-state index in [-0.39, 0.29) is 24.4 Å². The van der Waals surface area contributed by atoms with E-state index in [0.717, 1.165) is 25.9 Å². The van der Waals surface area contributed by atoms with Crippen LogP contribution < -0.4 is 10.6 Å². The molecule has 1 aliphatic rings. The van der Waals surface area contributed by atoms with E-state index in [9.17, 15) is 4.79 Å². The van der Waals surface area contributed by atoms with Crippen LogP contribution in [-0.4, -0.2) is 19.0 Å². The summed E-state index contributed by atoms with van der Waals surface area (Å²) < 4.78 is 0. The van der Waals surface area contributed by atoms with Gasteiger partial charge in [-0.15, -0.1) is 12.4 Å². The summed E-state index contributed by atoms with van der Waals surface area (Å²) in [6.07, 6.45) is 3.96. The largest absolute Gasteiger partial charge is 0.350 e. The lowest BCUT2D eigenvalue weighted by Gasteiger charge is -2.16. The molecule has 2 atom stereocenters. The average molecular weight is 339 g/mol. The van der Waals surface area contributed by atoms with Gasteiger partial charge in [0.05, 0.1) is 6.04 Å². The number of rotatable bonds is 7. The fraction of sp³-hybridized carbons (Fsp3) is 0.632. The van der Waals surface area contributed by atoms with Crippen molar-refractivity contribution in [1.29, 1.82) is 0 Å². The molecule has 1 aliphatic heterocycles. The molecule has 3 nitrogen and oxygen atoms in total. The normalized spacial score (nSPS) is 18.5. The molecule has 23 heavy (non-hydrogen) atoms. The molecule has 0 aliphatic carbocycles. The molecule has 1 fully saturated rings. The summed E-state index contributed by atoms with van der Waals surface area (Å²) in [4.78, 5) is 12.1. The SMILES string of the molecule is CC(C)Cc1ccc(C(C)NC(=O)CCC2CCNC2)cc1.Cl. The first kappa shape index (κ1) is 20.0. The van der Waals surface area contributed by atoms with Crippen molar-refractivity contribution in [2.24, 2.45) is 11.8 Å². The fourth-order valence-corrected chi connectivity index (χ4v) is 3.11. The molecule has 1 aromatic carbocycles. The maximum atomic E-state index is 12.1. The van der Waals surface area contributed by atoms with Crippen molar-refractivity contribution in [3.63, 3.8) is 0 Å². The third kappa shape index (κ3) is 6.92. The second-order valence-corrected chi connectivity index (χ2v) is 7.03. The summed E-state index contributed by atoms with van der Waals surface area (Å²) in [5.41, 5.74) is 2.55. The van der Waals surface area contributed by atoms with Crippen LogP contribution in [0.3, 0.4) is 0 Å². The van der Waals surface area contributed by atoms with Crippen molar-refractivity contribution in [2.45, 2.75) is 52.5 Å². The van der Waals surface area contributed by atoms with Crippen LogP contribution in [0.4, 0.5) is 0 Å².